The zero-order valence-electron chi connectivity index (χ0n) is 9.53. The second kappa shape index (κ2) is 4.75. The average Bonchev–Trinajstić information content (AvgIpc) is 2.76. The van der Waals surface area contributed by atoms with E-state index in [0.29, 0.717) is 5.69 Å². The van der Waals surface area contributed by atoms with Gasteiger partial charge in [-0.25, -0.2) is 0 Å². The number of hydrogen-bond donors (Lipinski definition) is 2. The van der Waals surface area contributed by atoms with Crippen LogP contribution >= 0.6 is 0 Å². The van der Waals surface area contributed by atoms with Crippen LogP contribution in [0.3, 0.4) is 0 Å². The van der Waals surface area contributed by atoms with Crippen molar-refractivity contribution in [3.63, 3.8) is 0 Å². The minimum Gasteiger partial charge on any atom is -0.481 e. The molecule has 0 aliphatic carbocycles. The van der Waals surface area contributed by atoms with Gasteiger partial charge in [-0.15, -0.1) is 0 Å². The molecule has 0 spiro atoms. The first-order valence-corrected chi connectivity index (χ1v) is 5.30. The van der Waals surface area contributed by atoms with Gasteiger partial charge >= 0.3 is 12.1 Å². The summed E-state index contributed by atoms with van der Waals surface area (Å²) in [6, 6.07) is 6.12. The van der Waals surface area contributed by atoms with Gasteiger partial charge < -0.3 is 5.11 Å². The maximum Gasteiger partial charge on any atom is 0.416 e. The summed E-state index contributed by atoms with van der Waals surface area (Å²) >= 11 is 0. The molecule has 2 rings (SSSR count). The standard InChI is InChI=1S/C12H9F3N2O2/c13-12(14,15)8-3-1-2-7(4-8)10-5-9(16-17-10)6-11(18)19/h1-5H,6H2,(H,16,17)(H,18,19). The lowest BCUT2D eigenvalue weighted by Crippen LogP contribution is -2.04. The van der Waals surface area contributed by atoms with Crippen molar-refractivity contribution < 1.29 is 23.1 Å². The van der Waals surface area contributed by atoms with Crippen molar-refractivity contribution in [3.05, 3.63) is 41.6 Å². The summed E-state index contributed by atoms with van der Waals surface area (Å²) in [5.41, 5.74) is 0.123. The average molecular weight is 270 g/mol. The van der Waals surface area contributed by atoms with Crippen molar-refractivity contribution in [3.8, 4) is 11.3 Å². The van der Waals surface area contributed by atoms with E-state index in [1.807, 2.05) is 0 Å². The van der Waals surface area contributed by atoms with E-state index < -0.39 is 17.7 Å². The van der Waals surface area contributed by atoms with Crippen molar-refractivity contribution in [2.45, 2.75) is 12.6 Å². The van der Waals surface area contributed by atoms with Crippen LogP contribution in [-0.2, 0) is 17.4 Å². The monoisotopic (exact) mass is 270 g/mol. The number of carboxylic acids is 1. The van der Waals surface area contributed by atoms with Crippen molar-refractivity contribution >= 4 is 5.97 Å². The van der Waals surface area contributed by atoms with E-state index in [1.54, 1.807) is 0 Å². The van der Waals surface area contributed by atoms with Gasteiger partial charge in [0, 0.05) is 11.3 Å². The zero-order chi connectivity index (χ0) is 14.0. The largest absolute Gasteiger partial charge is 0.481 e. The third kappa shape index (κ3) is 3.12. The number of halogens is 3. The van der Waals surface area contributed by atoms with Crippen LogP contribution in [0.25, 0.3) is 11.3 Å². The molecule has 2 aromatic rings. The molecule has 1 aromatic carbocycles. The summed E-state index contributed by atoms with van der Waals surface area (Å²) in [5.74, 6) is -1.04. The van der Waals surface area contributed by atoms with Gasteiger partial charge in [0.2, 0.25) is 0 Å². The van der Waals surface area contributed by atoms with Crippen LogP contribution in [-0.4, -0.2) is 21.3 Å². The molecule has 0 fully saturated rings. The minimum absolute atomic E-state index is 0.258. The molecule has 4 nitrogen and oxygen atoms in total. The Kier molecular flexibility index (Phi) is 3.28. The Balaban J connectivity index is 2.32. The first kappa shape index (κ1) is 13.1. The molecule has 0 saturated carbocycles. The number of hydrogen-bond acceptors (Lipinski definition) is 2. The molecule has 0 radical (unpaired) electrons. The fraction of sp³-hybridized carbons (Fsp3) is 0.167. The molecular weight excluding hydrogens is 261 g/mol. The molecule has 0 saturated heterocycles. The molecule has 7 heteroatoms. The Bertz CT molecular complexity index is 605. The fourth-order valence-electron chi connectivity index (χ4n) is 1.62. The number of carbonyl (C=O) groups is 1. The van der Waals surface area contributed by atoms with Crippen LogP contribution < -0.4 is 0 Å². The van der Waals surface area contributed by atoms with Crippen molar-refractivity contribution in [2.24, 2.45) is 0 Å². The van der Waals surface area contributed by atoms with Gasteiger partial charge in [0.1, 0.15) is 0 Å². The van der Waals surface area contributed by atoms with E-state index in [-0.39, 0.29) is 17.7 Å². The zero-order valence-corrected chi connectivity index (χ0v) is 9.53. The van der Waals surface area contributed by atoms with Gasteiger partial charge in [-0.3, -0.25) is 9.89 Å². The van der Waals surface area contributed by atoms with E-state index in [9.17, 15) is 18.0 Å². The molecule has 1 heterocycles. The Morgan fingerprint density at radius 2 is 2.05 bits per heavy atom. The molecule has 19 heavy (non-hydrogen) atoms. The predicted molar refractivity (Wildman–Crippen MR) is 60.4 cm³/mol. The smallest absolute Gasteiger partial charge is 0.416 e. The number of alkyl halides is 3. The molecule has 0 amide bonds. The second-order valence-corrected chi connectivity index (χ2v) is 3.93. The number of H-pyrrole nitrogens is 1. The number of benzene rings is 1. The lowest BCUT2D eigenvalue weighted by molar-refractivity contribution is -0.138. The third-order valence-electron chi connectivity index (χ3n) is 2.46. The number of carboxylic acid groups (broad SMARTS) is 1. The molecule has 0 bridgehead atoms. The molecule has 1 aromatic heterocycles. The van der Waals surface area contributed by atoms with E-state index in [1.165, 1.54) is 18.2 Å². The van der Waals surface area contributed by atoms with E-state index in [4.69, 9.17) is 5.11 Å². The van der Waals surface area contributed by atoms with Gasteiger partial charge in [-0.1, -0.05) is 12.1 Å². The Labute approximate surface area is 105 Å². The van der Waals surface area contributed by atoms with Gasteiger partial charge in [0.15, 0.2) is 0 Å². The van der Waals surface area contributed by atoms with Crippen molar-refractivity contribution in [2.75, 3.05) is 0 Å². The Morgan fingerprint density at radius 3 is 2.68 bits per heavy atom. The van der Waals surface area contributed by atoms with Gasteiger partial charge in [-0.2, -0.15) is 18.3 Å². The van der Waals surface area contributed by atoms with Crippen molar-refractivity contribution in [1.82, 2.24) is 10.2 Å². The molecule has 0 aliphatic rings. The maximum atomic E-state index is 12.6. The third-order valence-corrected chi connectivity index (χ3v) is 2.46. The van der Waals surface area contributed by atoms with Gasteiger partial charge in [0.05, 0.1) is 17.7 Å². The highest BCUT2D eigenvalue weighted by Crippen LogP contribution is 2.31. The first-order chi connectivity index (χ1) is 8.86. The highest BCUT2D eigenvalue weighted by Gasteiger charge is 2.30. The van der Waals surface area contributed by atoms with Crippen LogP contribution in [0.5, 0.6) is 0 Å². The number of aliphatic carboxylic acids is 1. The predicted octanol–water partition coefficient (Wildman–Crippen LogP) is 2.72. The SMILES string of the molecule is O=C(O)Cc1cc(-c2cccc(C(F)(F)F)c2)n[nH]1. The number of rotatable bonds is 3. The summed E-state index contributed by atoms with van der Waals surface area (Å²) in [6.45, 7) is 0. The van der Waals surface area contributed by atoms with Crippen LogP contribution in [0.2, 0.25) is 0 Å². The topological polar surface area (TPSA) is 66.0 Å². The minimum atomic E-state index is -4.42. The molecule has 2 N–H and O–H groups in total. The Morgan fingerprint density at radius 1 is 1.32 bits per heavy atom. The summed E-state index contributed by atoms with van der Waals surface area (Å²) in [5, 5.41) is 14.9. The quantitative estimate of drug-likeness (QED) is 0.901. The summed E-state index contributed by atoms with van der Waals surface area (Å²) in [4.78, 5) is 10.5. The van der Waals surface area contributed by atoms with Crippen LogP contribution in [0.4, 0.5) is 13.2 Å². The van der Waals surface area contributed by atoms with Crippen LogP contribution in [0.15, 0.2) is 30.3 Å². The highest BCUT2D eigenvalue weighted by atomic mass is 19.4. The fourth-order valence-corrected chi connectivity index (χ4v) is 1.62. The second-order valence-electron chi connectivity index (χ2n) is 3.93. The van der Waals surface area contributed by atoms with Crippen LogP contribution in [0, 0.1) is 0 Å². The van der Waals surface area contributed by atoms with Gasteiger partial charge in [0.25, 0.3) is 0 Å². The molecule has 100 valence electrons. The number of nitrogens with zero attached hydrogens (tertiary/aromatic N) is 1. The molecule has 0 aliphatic heterocycles. The van der Waals surface area contributed by atoms with E-state index >= 15 is 0 Å². The highest BCUT2D eigenvalue weighted by molar-refractivity contribution is 5.70. The maximum absolute atomic E-state index is 12.6. The first-order valence-electron chi connectivity index (χ1n) is 5.30. The number of aromatic nitrogens is 2. The lowest BCUT2D eigenvalue weighted by Gasteiger charge is -2.07. The van der Waals surface area contributed by atoms with Crippen molar-refractivity contribution in [1.29, 1.82) is 0 Å². The summed E-state index contributed by atoms with van der Waals surface area (Å²) in [6.07, 6.45) is -4.68. The lowest BCUT2D eigenvalue weighted by atomic mass is 10.1. The van der Waals surface area contributed by atoms with Crippen LogP contribution in [0.1, 0.15) is 11.3 Å². The summed E-state index contributed by atoms with van der Waals surface area (Å²) < 4.78 is 37.7. The summed E-state index contributed by atoms with van der Waals surface area (Å²) in [7, 11) is 0. The van der Waals surface area contributed by atoms with Gasteiger partial charge in [-0.05, 0) is 18.2 Å². The molecule has 0 atom stereocenters. The normalized spacial score (nSPS) is 11.5. The van der Waals surface area contributed by atoms with E-state index in [2.05, 4.69) is 10.2 Å². The number of aromatic amines is 1. The Hall–Kier alpha value is -2.31. The number of nitrogens with one attached hydrogen (secondary N) is 1. The van der Waals surface area contributed by atoms with E-state index in [0.717, 1.165) is 12.1 Å². The molecular formula is C12H9F3N2O2. The molecule has 0 unspecified atom stereocenters.